The molecule has 2 aromatic rings. The van der Waals surface area contributed by atoms with E-state index in [2.05, 4.69) is 0 Å². The number of aliphatic hydroxyl groups is 1. The molecule has 0 radical (unpaired) electrons. The molecule has 0 fully saturated rings. The van der Waals surface area contributed by atoms with Crippen LogP contribution in [0.15, 0.2) is 48.5 Å². The minimum atomic E-state index is -0.494. The van der Waals surface area contributed by atoms with Gasteiger partial charge >= 0.3 is 0 Å². The van der Waals surface area contributed by atoms with Crippen LogP contribution in [0.2, 0.25) is 0 Å². The van der Waals surface area contributed by atoms with Crippen molar-refractivity contribution in [1.29, 1.82) is 0 Å². The number of phenols is 1. The average Bonchev–Trinajstić information content (AvgIpc) is 2.62. The molecule has 140 valence electrons. The van der Waals surface area contributed by atoms with Gasteiger partial charge in [0.25, 0.3) is 0 Å². The number of carbonyl (C=O) groups is 1. The molecule has 4 nitrogen and oxygen atoms in total. The number of amides is 1. The van der Waals surface area contributed by atoms with Crippen LogP contribution in [-0.2, 0) is 11.2 Å². The monoisotopic (exact) mass is 359 g/mol. The quantitative estimate of drug-likeness (QED) is 0.751. The fraction of sp³-hybridized carbons (Fsp3) is 0.381. The second-order valence-corrected chi connectivity index (χ2v) is 6.72. The first-order valence-corrected chi connectivity index (χ1v) is 8.89. The third-order valence-electron chi connectivity index (χ3n) is 4.38. The third-order valence-corrected chi connectivity index (χ3v) is 4.38. The number of halogens is 1. The van der Waals surface area contributed by atoms with Gasteiger partial charge in [0.05, 0.1) is 12.5 Å². The highest BCUT2D eigenvalue weighted by molar-refractivity contribution is 5.95. The summed E-state index contributed by atoms with van der Waals surface area (Å²) in [4.78, 5) is 14.6. The first-order valence-electron chi connectivity index (χ1n) is 8.89. The lowest BCUT2D eigenvalue weighted by atomic mass is 9.98. The van der Waals surface area contributed by atoms with Gasteiger partial charge in [-0.3, -0.25) is 4.79 Å². The lowest BCUT2D eigenvalue weighted by Crippen LogP contribution is -2.42. The molecule has 0 spiro atoms. The van der Waals surface area contributed by atoms with Gasteiger partial charge in [0, 0.05) is 11.7 Å². The van der Waals surface area contributed by atoms with E-state index < -0.39 is 5.92 Å². The number of benzene rings is 2. The molecule has 0 aromatic heterocycles. The number of nitrogens with zero attached hydrogens (tertiary/aromatic N) is 1. The van der Waals surface area contributed by atoms with Gasteiger partial charge in [0.2, 0.25) is 5.91 Å². The van der Waals surface area contributed by atoms with Crippen molar-refractivity contribution in [2.45, 2.75) is 39.2 Å². The summed E-state index contributed by atoms with van der Waals surface area (Å²) < 4.78 is 12.9. The lowest BCUT2D eigenvalue weighted by molar-refractivity contribution is -0.124. The van der Waals surface area contributed by atoms with Gasteiger partial charge in [-0.15, -0.1) is 0 Å². The van der Waals surface area contributed by atoms with Crippen LogP contribution in [0.4, 0.5) is 10.1 Å². The molecular weight excluding hydrogens is 333 g/mol. The molecule has 0 bridgehead atoms. The zero-order valence-corrected chi connectivity index (χ0v) is 15.2. The molecule has 0 aliphatic heterocycles. The molecule has 2 N–H and O–H groups in total. The number of carbonyl (C=O) groups excluding carboxylic acids is 1. The van der Waals surface area contributed by atoms with Crippen molar-refractivity contribution in [2.24, 2.45) is 5.92 Å². The molecule has 1 atom stereocenters. The van der Waals surface area contributed by atoms with Crippen LogP contribution in [0.25, 0.3) is 0 Å². The van der Waals surface area contributed by atoms with Crippen LogP contribution in [0.3, 0.4) is 0 Å². The van der Waals surface area contributed by atoms with Crippen molar-refractivity contribution in [3.63, 3.8) is 0 Å². The Bertz CT molecular complexity index is 698. The highest BCUT2D eigenvalue weighted by atomic mass is 19.1. The number of aliphatic hydroxyl groups excluding tert-OH is 1. The molecule has 0 aliphatic rings. The van der Waals surface area contributed by atoms with Gasteiger partial charge in [-0.2, -0.15) is 0 Å². The van der Waals surface area contributed by atoms with E-state index in [-0.39, 0.29) is 30.1 Å². The predicted molar refractivity (Wildman–Crippen MR) is 101 cm³/mol. The van der Waals surface area contributed by atoms with Crippen molar-refractivity contribution in [2.75, 3.05) is 11.5 Å². The van der Waals surface area contributed by atoms with Crippen LogP contribution in [0.5, 0.6) is 5.75 Å². The van der Waals surface area contributed by atoms with Crippen molar-refractivity contribution in [3.05, 3.63) is 59.9 Å². The average molecular weight is 359 g/mol. The molecule has 0 saturated carbocycles. The smallest absolute Gasteiger partial charge is 0.232 e. The maximum Gasteiger partial charge on any atom is 0.232 e. The number of aryl methyl sites for hydroxylation is 1. The second-order valence-electron chi connectivity index (χ2n) is 6.72. The maximum atomic E-state index is 12.9. The zero-order valence-electron chi connectivity index (χ0n) is 15.2. The molecule has 2 rings (SSSR count). The van der Waals surface area contributed by atoms with Gasteiger partial charge in [0.1, 0.15) is 11.6 Å². The first kappa shape index (κ1) is 19.9. The summed E-state index contributed by atoms with van der Waals surface area (Å²) in [6, 6.07) is 12.7. The Morgan fingerprint density at radius 3 is 2.23 bits per heavy atom. The molecule has 0 aliphatic carbocycles. The molecule has 1 unspecified atom stereocenters. The Balaban J connectivity index is 2.02. The van der Waals surface area contributed by atoms with E-state index in [1.54, 1.807) is 41.3 Å². The zero-order chi connectivity index (χ0) is 19.1. The van der Waals surface area contributed by atoms with Gasteiger partial charge in [-0.05, 0) is 75.1 Å². The van der Waals surface area contributed by atoms with Crippen molar-refractivity contribution in [1.82, 2.24) is 0 Å². The molecule has 2 aromatic carbocycles. The summed E-state index contributed by atoms with van der Waals surface area (Å²) >= 11 is 0. The molecule has 0 saturated heterocycles. The summed E-state index contributed by atoms with van der Waals surface area (Å²) in [6.45, 7) is 3.61. The summed E-state index contributed by atoms with van der Waals surface area (Å²) in [5.41, 5.74) is 1.70. The van der Waals surface area contributed by atoms with E-state index in [1.807, 2.05) is 13.8 Å². The molecule has 5 heteroatoms. The van der Waals surface area contributed by atoms with Crippen molar-refractivity contribution < 1.29 is 19.4 Å². The van der Waals surface area contributed by atoms with Gasteiger partial charge in [0.15, 0.2) is 0 Å². The molecule has 26 heavy (non-hydrogen) atoms. The molecule has 0 heterocycles. The minimum Gasteiger partial charge on any atom is -0.508 e. The van der Waals surface area contributed by atoms with Crippen LogP contribution >= 0.6 is 0 Å². The predicted octanol–water partition coefficient (Wildman–Crippen LogP) is 3.90. The Hall–Kier alpha value is -2.40. The van der Waals surface area contributed by atoms with Crippen LogP contribution in [0, 0.1) is 11.7 Å². The maximum absolute atomic E-state index is 12.9. The van der Waals surface area contributed by atoms with Crippen molar-refractivity contribution >= 4 is 11.6 Å². The topological polar surface area (TPSA) is 60.8 Å². The number of phenolic OH excluding ortho intramolecular Hbond substituents is 1. The van der Waals surface area contributed by atoms with Gasteiger partial charge < -0.3 is 15.1 Å². The van der Waals surface area contributed by atoms with E-state index in [1.165, 1.54) is 12.1 Å². The number of anilines is 1. The van der Waals surface area contributed by atoms with E-state index in [4.69, 9.17) is 0 Å². The standard InChI is InChI=1S/C21H26FNO3/c1-15(2)23(19-10-12-20(25)13-11-19)21(26)17(14-24)5-3-4-16-6-8-18(22)9-7-16/h6-13,15,17,24-25H,3-5,14H2,1-2H3. The molecular formula is C21H26FNO3. The number of rotatable bonds is 8. The van der Waals surface area contributed by atoms with Crippen LogP contribution in [-0.4, -0.2) is 28.8 Å². The number of aromatic hydroxyl groups is 1. The number of hydrogen-bond acceptors (Lipinski definition) is 3. The van der Waals surface area contributed by atoms with E-state index >= 15 is 0 Å². The fourth-order valence-electron chi connectivity index (χ4n) is 2.99. The Morgan fingerprint density at radius 1 is 1.08 bits per heavy atom. The third kappa shape index (κ3) is 5.30. The highest BCUT2D eigenvalue weighted by Crippen LogP contribution is 2.24. The largest absolute Gasteiger partial charge is 0.508 e. The summed E-state index contributed by atoms with van der Waals surface area (Å²) in [5, 5.41) is 19.2. The highest BCUT2D eigenvalue weighted by Gasteiger charge is 2.26. The first-order chi connectivity index (χ1) is 12.4. The van der Waals surface area contributed by atoms with E-state index in [9.17, 15) is 19.4 Å². The van der Waals surface area contributed by atoms with Gasteiger partial charge in [-0.25, -0.2) is 4.39 Å². The fourth-order valence-corrected chi connectivity index (χ4v) is 2.99. The summed E-state index contributed by atoms with van der Waals surface area (Å²) in [6.07, 6.45) is 2.00. The second kappa shape index (κ2) is 9.34. The van der Waals surface area contributed by atoms with Crippen LogP contribution < -0.4 is 4.90 Å². The normalized spacial score (nSPS) is 12.2. The SMILES string of the molecule is CC(C)N(C(=O)C(CO)CCCc1ccc(F)cc1)c1ccc(O)cc1. The van der Waals surface area contributed by atoms with Crippen molar-refractivity contribution in [3.8, 4) is 5.75 Å². The van der Waals surface area contributed by atoms with Gasteiger partial charge in [-0.1, -0.05) is 12.1 Å². The Labute approximate surface area is 153 Å². The van der Waals surface area contributed by atoms with E-state index in [0.717, 1.165) is 18.4 Å². The minimum absolute atomic E-state index is 0.0711. The molecule has 1 amide bonds. The number of hydrogen-bond donors (Lipinski definition) is 2. The van der Waals surface area contributed by atoms with E-state index in [0.29, 0.717) is 12.1 Å². The summed E-state index contributed by atoms with van der Waals surface area (Å²) in [5.74, 6) is -0.750. The Kier molecular flexibility index (Phi) is 7.16. The summed E-state index contributed by atoms with van der Waals surface area (Å²) in [7, 11) is 0. The van der Waals surface area contributed by atoms with Crippen LogP contribution in [0.1, 0.15) is 32.3 Å². The Morgan fingerprint density at radius 2 is 1.69 bits per heavy atom. The lowest BCUT2D eigenvalue weighted by Gasteiger charge is -2.30.